The number of aliphatic hydroxyl groups is 2. The molecule has 3 rings (SSSR count). The summed E-state index contributed by atoms with van der Waals surface area (Å²) < 4.78 is 5.49. The van der Waals surface area contributed by atoms with Gasteiger partial charge in [0, 0.05) is 13.3 Å². The van der Waals surface area contributed by atoms with Gasteiger partial charge in [-0.05, 0) is 20.3 Å². The molecular weight excluding hydrogens is 414 g/mol. The fourth-order valence-electron chi connectivity index (χ4n) is 3.59. The van der Waals surface area contributed by atoms with Crippen LogP contribution >= 0.6 is 0 Å². The Morgan fingerprint density at radius 2 is 1.69 bits per heavy atom. The number of esters is 1. The molecule has 0 aromatic heterocycles. The molecule has 1 saturated heterocycles. The molecule has 1 aliphatic carbocycles. The highest BCUT2D eigenvalue weighted by Gasteiger charge is 2.46. The summed E-state index contributed by atoms with van der Waals surface area (Å²) in [7, 11) is 0. The number of hydrogen-bond donors (Lipinski definition) is 3. The number of carbonyl (C=O) groups is 4. The van der Waals surface area contributed by atoms with E-state index in [1.165, 1.54) is 6.08 Å². The van der Waals surface area contributed by atoms with Crippen LogP contribution in [0.5, 0.6) is 0 Å². The van der Waals surface area contributed by atoms with Crippen LogP contribution in [0.4, 0.5) is 0 Å². The molecule has 0 aromatic carbocycles. The molecule has 1 fully saturated rings. The molecule has 2 heterocycles. The molecule has 2 bridgehead atoms. The van der Waals surface area contributed by atoms with Gasteiger partial charge in [0.1, 0.15) is 12.0 Å². The van der Waals surface area contributed by atoms with E-state index in [-0.39, 0.29) is 6.42 Å². The van der Waals surface area contributed by atoms with Crippen LogP contribution in [0.15, 0.2) is 47.6 Å². The minimum absolute atomic E-state index is 0.0403. The Balaban J connectivity index is 2.48. The van der Waals surface area contributed by atoms with Gasteiger partial charge in [-0.25, -0.2) is 0 Å². The molecule has 3 aliphatic rings. The molecule has 0 aromatic rings. The molecule has 8 heteroatoms. The lowest BCUT2D eigenvalue weighted by molar-refractivity contribution is -0.172. The van der Waals surface area contributed by atoms with E-state index in [0.717, 1.165) is 12.5 Å². The van der Waals surface area contributed by atoms with Crippen LogP contribution in [0.1, 0.15) is 40.5 Å². The quantitative estimate of drug-likeness (QED) is 0.332. The number of amides is 1. The van der Waals surface area contributed by atoms with Crippen molar-refractivity contribution < 1.29 is 34.1 Å². The van der Waals surface area contributed by atoms with Gasteiger partial charge in [0.05, 0.1) is 24.2 Å². The lowest BCUT2D eigenvalue weighted by atomic mass is 9.80. The Morgan fingerprint density at radius 3 is 2.34 bits per heavy atom. The first-order valence-corrected chi connectivity index (χ1v) is 10.6. The van der Waals surface area contributed by atoms with E-state index >= 15 is 0 Å². The van der Waals surface area contributed by atoms with E-state index in [4.69, 9.17) is 4.74 Å². The van der Waals surface area contributed by atoms with Gasteiger partial charge in [-0.3, -0.25) is 19.2 Å². The number of fused-ring (bicyclic) bond motifs is 10. The molecule has 0 radical (unpaired) electrons. The molecule has 0 spiro atoms. The van der Waals surface area contributed by atoms with E-state index in [9.17, 15) is 29.4 Å². The summed E-state index contributed by atoms with van der Waals surface area (Å²) in [6, 6.07) is -1.10. The number of ether oxygens (including phenoxy) is 1. The second-order valence-corrected chi connectivity index (χ2v) is 8.38. The Bertz CT molecular complexity index is 883. The first-order chi connectivity index (χ1) is 15.0. The maximum atomic E-state index is 13.1. The molecule has 0 saturated carbocycles. The van der Waals surface area contributed by atoms with Gasteiger partial charge in [-0.15, -0.1) is 0 Å². The second-order valence-electron chi connectivity index (χ2n) is 8.38. The average molecular weight is 446 g/mol. The van der Waals surface area contributed by atoms with Gasteiger partial charge in [0.15, 0.2) is 5.78 Å². The van der Waals surface area contributed by atoms with Crippen molar-refractivity contribution in [2.75, 3.05) is 0 Å². The highest BCUT2D eigenvalue weighted by atomic mass is 16.5. The highest BCUT2D eigenvalue weighted by Crippen LogP contribution is 2.29. The molecule has 4 unspecified atom stereocenters. The minimum Gasteiger partial charge on any atom is -0.461 e. The van der Waals surface area contributed by atoms with E-state index in [1.54, 1.807) is 38.2 Å². The number of hydrogen-bond acceptors (Lipinski definition) is 7. The molecule has 6 atom stereocenters. The number of allylic oxidation sites excluding steroid dienone is 4. The second kappa shape index (κ2) is 11.2. The van der Waals surface area contributed by atoms with Crippen molar-refractivity contribution >= 4 is 23.4 Å². The van der Waals surface area contributed by atoms with Crippen LogP contribution in [-0.2, 0) is 23.9 Å². The van der Waals surface area contributed by atoms with Crippen LogP contribution in [-0.4, -0.2) is 58.0 Å². The maximum absolute atomic E-state index is 13.1. The zero-order chi connectivity index (χ0) is 24.0. The third kappa shape index (κ3) is 6.83. The fourth-order valence-corrected chi connectivity index (χ4v) is 3.59. The largest absolute Gasteiger partial charge is 0.461 e. The van der Waals surface area contributed by atoms with Gasteiger partial charge >= 0.3 is 5.97 Å². The zero-order valence-electron chi connectivity index (χ0n) is 18.8. The topological polar surface area (TPSA) is 130 Å². The number of aliphatic hydroxyl groups excluding tert-OH is 2. The monoisotopic (exact) mass is 445 g/mol. The third-order valence-electron chi connectivity index (χ3n) is 5.57. The molecular formula is C24H31NO7. The minimum atomic E-state index is -1.33. The number of rotatable bonds is 2. The number of Topliss-reactive ketones (excluding diaryl/α,β-unsaturated/α-hetero) is 2. The predicted octanol–water partition coefficient (Wildman–Crippen LogP) is 1.33. The first-order valence-electron chi connectivity index (χ1n) is 10.6. The standard InChI is InChI=1S/C24H31NO7/c1-13-5-8-17(27)9-7-14(2)11-19(25-23(30)16(4)26)21-22(29)15(3)20(32-24(21)31)12-18(28)10-6-13/h5-7,9-11,15,17-21,27-28H,8,12H2,1-4H3,(H,25,30)/b9-7+,10-6+,13-5+,14-11+/t15?,17-,18+,19?,20?,21?/m0/s1. The van der Waals surface area contributed by atoms with Gasteiger partial charge in [0.25, 0.3) is 5.91 Å². The summed E-state index contributed by atoms with van der Waals surface area (Å²) in [4.78, 5) is 49.4. The summed E-state index contributed by atoms with van der Waals surface area (Å²) in [6.07, 6.45) is 7.58. The predicted molar refractivity (Wildman–Crippen MR) is 117 cm³/mol. The fraction of sp³-hybridized carbons (Fsp3) is 0.500. The van der Waals surface area contributed by atoms with Gasteiger partial charge in [-0.2, -0.15) is 0 Å². The average Bonchev–Trinajstić information content (AvgIpc) is 2.72. The highest BCUT2D eigenvalue weighted by molar-refractivity contribution is 6.35. The number of nitrogens with one attached hydrogen (secondary N) is 1. The summed E-state index contributed by atoms with van der Waals surface area (Å²) in [5.74, 6) is -4.99. The van der Waals surface area contributed by atoms with Gasteiger partial charge in [0.2, 0.25) is 5.78 Å². The van der Waals surface area contributed by atoms with Crippen molar-refractivity contribution in [2.24, 2.45) is 11.8 Å². The molecule has 3 N–H and O–H groups in total. The third-order valence-corrected chi connectivity index (χ3v) is 5.57. The molecule has 8 nitrogen and oxygen atoms in total. The first kappa shape index (κ1) is 25.4. The van der Waals surface area contributed by atoms with Crippen LogP contribution in [0.2, 0.25) is 0 Å². The van der Waals surface area contributed by atoms with Crippen LogP contribution in [0.3, 0.4) is 0 Å². The summed E-state index contributed by atoms with van der Waals surface area (Å²) in [6.45, 7) is 6.22. The van der Waals surface area contributed by atoms with Crippen LogP contribution in [0, 0.1) is 11.8 Å². The SMILES string of the molecule is CC(=O)C(=O)NC1/C=C(C)/C=C/[C@@H](O)C/C=C(C)/C=C/[C@@H](O)CC2OC(=O)C1C(=O)C2C. The lowest BCUT2D eigenvalue weighted by Gasteiger charge is -2.35. The van der Waals surface area contributed by atoms with Crippen molar-refractivity contribution in [3.05, 3.63) is 47.6 Å². The normalized spacial score (nSPS) is 37.2. The zero-order valence-corrected chi connectivity index (χ0v) is 18.8. The lowest BCUT2D eigenvalue weighted by Crippen LogP contribution is -2.54. The maximum Gasteiger partial charge on any atom is 0.319 e. The molecule has 174 valence electrons. The van der Waals surface area contributed by atoms with Crippen LogP contribution in [0.25, 0.3) is 0 Å². The van der Waals surface area contributed by atoms with E-state index in [0.29, 0.717) is 12.0 Å². The van der Waals surface area contributed by atoms with Gasteiger partial charge in [-0.1, -0.05) is 54.5 Å². The Labute approximate surface area is 187 Å². The molecule has 2 aliphatic heterocycles. The summed E-state index contributed by atoms with van der Waals surface area (Å²) >= 11 is 0. The Hall–Kier alpha value is -2.84. The van der Waals surface area contributed by atoms with E-state index in [1.807, 2.05) is 13.0 Å². The molecule has 32 heavy (non-hydrogen) atoms. The summed E-state index contributed by atoms with van der Waals surface area (Å²) in [5, 5.41) is 23.0. The van der Waals surface area contributed by atoms with E-state index < -0.39 is 59.6 Å². The van der Waals surface area contributed by atoms with Crippen molar-refractivity contribution in [2.45, 2.75) is 64.9 Å². The smallest absolute Gasteiger partial charge is 0.319 e. The molecule has 1 amide bonds. The van der Waals surface area contributed by atoms with Crippen molar-refractivity contribution in [3.8, 4) is 0 Å². The van der Waals surface area contributed by atoms with Crippen LogP contribution < -0.4 is 5.32 Å². The van der Waals surface area contributed by atoms with Crippen molar-refractivity contribution in [1.29, 1.82) is 0 Å². The number of ketones is 2. The van der Waals surface area contributed by atoms with Crippen molar-refractivity contribution in [3.63, 3.8) is 0 Å². The van der Waals surface area contributed by atoms with Crippen molar-refractivity contribution in [1.82, 2.24) is 5.32 Å². The van der Waals surface area contributed by atoms with E-state index in [2.05, 4.69) is 5.32 Å². The Kier molecular flexibility index (Phi) is 8.86. The number of carbonyl (C=O) groups excluding carboxylic acids is 4. The van der Waals surface area contributed by atoms with Gasteiger partial charge < -0.3 is 20.3 Å². The Morgan fingerprint density at radius 1 is 1.06 bits per heavy atom. The summed E-state index contributed by atoms with van der Waals surface area (Å²) in [5.41, 5.74) is 1.42.